The molecule has 7 heteroatoms. The van der Waals surface area contributed by atoms with Crippen LogP contribution in [-0.4, -0.2) is 53.2 Å². The number of Topliss-reactive ketones (excluding diaryl/α,β-unsaturated/α-hetero) is 1. The molecule has 0 spiro atoms. The van der Waals surface area contributed by atoms with Crippen molar-refractivity contribution in [2.45, 2.75) is 18.9 Å². The van der Waals surface area contributed by atoms with Crippen molar-refractivity contribution in [3.8, 4) is 0 Å². The molecule has 1 atom stereocenters. The number of rotatable bonds is 7. The Bertz CT molecular complexity index is 777. The zero-order valence-corrected chi connectivity index (χ0v) is 15.7. The van der Waals surface area contributed by atoms with Crippen molar-refractivity contribution in [1.82, 2.24) is 10.2 Å². The van der Waals surface area contributed by atoms with Gasteiger partial charge < -0.3 is 10.2 Å². The lowest BCUT2D eigenvalue weighted by Gasteiger charge is -2.23. The molecule has 1 unspecified atom stereocenters. The summed E-state index contributed by atoms with van der Waals surface area (Å²) in [7, 11) is 0. The van der Waals surface area contributed by atoms with Crippen LogP contribution < -0.4 is 5.32 Å². The lowest BCUT2D eigenvalue weighted by Crippen LogP contribution is -2.46. The Morgan fingerprint density at radius 1 is 1.30 bits per heavy atom. The molecule has 1 aliphatic heterocycles. The second-order valence-corrected chi connectivity index (χ2v) is 6.24. The van der Waals surface area contributed by atoms with E-state index in [0.29, 0.717) is 29.8 Å². The molecule has 0 aromatic heterocycles. The van der Waals surface area contributed by atoms with E-state index in [1.807, 2.05) is 0 Å². The fraction of sp³-hybridized carbons (Fsp3) is 0.300. The Hall–Kier alpha value is -2.73. The highest BCUT2D eigenvalue weighted by Gasteiger charge is 2.33. The average Bonchev–Trinajstić information content (AvgIpc) is 3.17. The lowest BCUT2D eigenvalue weighted by molar-refractivity contribution is -0.136. The van der Waals surface area contributed by atoms with E-state index in [-0.39, 0.29) is 24.1 Å². The summed E-state index contributed by atoms with van der Waals surface area (Å²) in [6.07, 6.45) is 11.2. The number of carbonyl (C=O) groups excluding carboxylic acids is 3. The van der Waals surface area contributed by atoms with Crippen molar-refractivity contribution in [2.24, 2.45) is 4.99 Å². The Morgan fingerprint density at radius 2 is 2.04 bits per heavy atom. The van der Waals surface area contributed by atoms with Crippen LogP contribution in [0.2, 0.25) is 0 Å². The normalized spacial score (nSPS) is 21.9. The van der Waals surface area contributed by atoms with Gasteiger partial charge in [-0.05, 0) is 18.9 Å². The Morgan fingerprint density at radius 3 is 2.70 bits per heavy atom. The number of halogens is 1. The summed E-state index contributed by atoms with van der Waals surface area (Å²) in [5.74, 6) is -1.05. The van der Waals surface area contributed by atoms with Crippen LogP contribution in [0.4, 0.5) is 0 Å². The number of allylic oxidation sites excluding steroid dienone is 5. The monoisotopic (exact) mass is 387 g/mol. The molecule has 27 heavy (non-hydrogen) atoms. The second kappa shape index (κ2) is 9.83. The SMILES string of the molecule is C=CN=C1C=CC=C/C1=C(/C=C)C(=O)NCC(=O)N1CCCC1C(=O)CCl. The number of amides is 2. The molecule has 2 rings (SSSR count). The van der Waals surface area contributed by atoms with Gasteiger partial charge in [0, 0.05) is 23.9 Å². The number of aliphatic imine (C=N–C) groups is 1. The van der Waals surface area contributed by atoms with Gasteiger partial charge in [-0.15, -0.1) is 11.6 Å². The number of ketones is 1. The fourth-order valence-electron chi connectivity index (χ4n) is 3.08. The molecule has 2 amide bonds. The van der Waals surface area contributed by atoms with E-state index >= 15 is 0 Å². The van der Waals surface area contributed by atoms with E-state index < -0.39 is 11.9 Å². The summed E-state index contributed by atoms with van der Waals surface area (Å²) < 4.78 is 0. The molecule has 1 fully saturated rings. The van der Waals surface area contributed by atoms with E-state index in [4.69, 9.17) is 11.6 Å². The van der Waals surface area contributed by atoms with Crippen LogP contribution in [0, 0.1) is 0 Å². The van der Waals surface area contributed by atoms with E-state index in [9.17, 15) is 14.4 Å². The van der Waals surface area contributed by atoms with Gasteiger partial charge in [0.05, 0.1) is 24.2 Å². The minimum absolute atomic E-state index is 0.126. The summed E-state index contributed by atoms with van der Waals surface area (Å²) >= 11 is 5.61. The quantitative estimate of drug-likeness (QED) is 0.536. The smallest absolute Gasteiger partial charge is 0.252 e. The first kappa shape index (κ1) is 20.6. The highest BCUT2D eigenvalue weighted by molar-refractivity contribution is 6.28. The van der Waals surface area contributed by atoms with Crippen LogP contribution in [0.5, 0.6) is 0 Å². The third-order valence-corrected chi connectivity index (χ3v) is 4.61. The van der Waals surface area contributed by atoms with Crippen molar-refractivity contribution in [3.63, 3.8) is 0 Å². The predicted molar refractivity (Wildman–Crippen MR) is 107 cm³/mol. The van der Waals surface area contributed by atoms with Crippen LogP contribution in [0.25, 0.3) is 0 Å². The summed E-state index contributed by atoms with van der Waals surface area (Å²) in [5, 5.41) is 2.61. The van der Waals surface area contributed by atoms with Crippen LogP contribution in [0.3, 0.4) is 0 Å². The minimum atomic E-state index is -0.498. The summed E-state index contributed by atoms with van der Waals surface area (Å²) in [6, 6.07) is -0.498. The molecule has 1 saturated heterocycles. The molecule has 0 radical (unpaired) electrons. The molecular weight excluding hydrogens is 366 g/mol. The number of nitrogens with zero attached hydrogens (tertiary/aromatic N) is 2. The van der Waals surface area contributed by atoms with E-state index in [0.717, 1.165) is 6.42 Å². The van der Waals surface area contributed by atoms with Crippen LogP contribution in [0.15, 0.2) is 65.9 Å². The van der Waals surface area contributed by atoms with Gasteiger partial charge in [0.15, 0.2) is 5.78 Å². The van der Waals surface area contributed by atoms with Gasteiger partial charge in [0.2, 0.25) is 5.91 Å². The highest BCUT2D eigenvalue weighted by Crippen LogP contribution is 2.19. The number of hydrogen-bond donors (Lipinski definition) is 1. The van der Waals surface area contributed by atoms with Crippen molar-refractivity contribution >= 4 is 34.9 Å². The summed E-state index contributed by atoms with van der Waals surface area (Å²) in [6.45, 7) is 7.54. The maximum Gasteiger partial charge on any atom is 0.252 e. The average molecular weight is 388 g/mol. The first-order valence-corrected chi connectivity index (χ1v) is 9.13. The molecule has 1 N–H and O–H groups in total. The molecule has 0 aromatic carbocycles. The van der Waals surface area contributed by atoms with E-state index in [2.05, 4.69) is 23.5 Å². The van der Waals surface area contributed by atoms with Gasteiger partial charge in [-0.2, -0.15) is 0 Å². The standard InChI is InChI=1S/C20H22ClN3O3/c1-3-14(15-8-5-6-9-16(15)22-4-2)20(27)23-13-19(26)24-11-7-10-17(24)18(25)12-21/h3-6,8-9,17H,1-2,7,10-13H2,(H,23,27)/b15-14+,22-16?. The van der Waals surface area contributed by atoms with Gasteiger partial charge in [0.1, 0.15) is 0 Å². The number of carbonyl (C=O) groups is 3. The molecular formula is C20H22ClN3O3. The first-order chi connectivity index (χ1) is 13.0. The first-order valence-electron chi connectivity index (χ1n) is 8.60. The Labute approximate surface area is 163 Å². The van der Waals surface area contributed by atoms with Gasteiger partial charge in [-0.25, -0.2) is 0 Å². The second-order valence-electron chi connectivity index (χ2n) is 5.97. The molecule has 0 saturated carbocycles. The molecule has 2 aliphatic rings. The number of likely N-dealkylation sites (tertiary alicyclic amines) is 1. The van der Waals surface area contributed by atoms with Crippen LogP contribution >= 0.6 is 11.6 Å². The molecule has 142 valence electrons. The molecule has 6 nitrogen and oxygen atoms in total. The van der Waals surface area contributed by atoms with Crippen molar-refractivity contribution in [1.29, 1.82) is 0 Å². The number of nitrogens with one attached hydrogen (secondary N) is 1. The van der Waals surface area contributed by atoms with Crippen molar-refractivity contribution in [3.05, 3.63) is 60.9 Å². The Kier molecular flexibility index (Phi) is 7.49. The zero-order chi connectivity index (χ0) is 19.8. The third kappa shape index (κ3) is 4.92. The lowest BCUT2D eigenvalue weighted by atomic mass is 9.98. The molecule has 1 heterocycles. The van der Waals surface area contributed by atoms with Gasteiger partial charge in [0.25, 0.3) is 5.91 Å². The fourth-order valence-corrected chi connectivity index (χ4v) is 3.26. The highest BCUT2D eigenvalue weighted by atomic mass is 35.5. The maximum absolute atomic E-state index is 12.6. The number of alkyl halides is 1. The van der Waals surface area contributed by atoms with Gasteiger partial charge in [-0.1, -0.05) is 37.5 Å². The topological polar surface area (TPSA) is 78.8 Å². The van der Waals surface area contributed by atoms with Crippen molar-refractivity contribution < 1.29 is 14.4 Å². The number of hydrogen-bond acceptors (Lipinski definition) is 4. The third-order valence-electron chi connectivity index (χ3n) is 4.35. The predicted octanol–water partition coefficient (Wildman–Crippen LogP) is 2.09. The largest absolute Gasteiger partial charge is 0.343 e. The summed E-state index contributed by atoms with van der Waals surface area (Å²) in [5.41, 5.74) is 1.48. The van der Waals surface area contributed by atoms with Gasteiger partial charge in [-0.3, -0.25) is 19.4 Å². The van der Waals surface area contributed by atoms with Crippen molar-refractivity contribution in [2.75, 3.05) is 19.0 Å². The van der Waals surface area contributed by atoms with Crippen LogP contribution in [0.1, 0.15) is 12.8 Å². The van der Waals surface area contributed by atoms with E-state index in [1.54, 1.807) is 24.3 Å². The zero-order valence-electron chi connectivity index (χ0n) is 15.0. The van der Waals surface area contributed by atoms with E-state index in [1.165, 1.54) is 17.2 Å². The Balaban J connectivity index is 2.09. The molecule has 0 bridgehead atoms. The maximum atomic E-state index is 12.6. The molecule has 1 aliphatic carbocycles. The van der Waals surface area contributed by atoms with Gasteiger partial charge >= 0.3 is 0 Å². The summed E-state index contributed by atoms with van der Waals surface area (Å²) in [4.78, 5) is 42.5. The van der Waals surface area contributed by atoms with Crippen LogP contribution in [-0.2, 0) is 14.4 Å². The minimum Gasteiger partial charge on any atom is -0.343 e. The molecule has 0 aromatic rings.